The Labute approximate surface area is 147 Å². The van der Waals surface area contributed by atoms with Crippen molar-refractivity contribution in [1.82, 2.24) is 25.1 Å². The fraction of sp³-hybridized carbons (Fsp3) is 0.556. The molecule has 1 amide bonds. The number of hydrogen-bond donors (Lipinski definition) is 1. The van der Waals surface area contributed by atoms with Crippen molar-refractivity contribution in [3.63, 3.8) is 0 Å². The summed E-state index contributed by atoms with van der Waals surface area (Å²) in [5.41, 5.74) is 0.913. The number of aromatic nitrogens is 4. The van der Waals surface area contributed by atoms with Crippen LogP contribution < -0.4 is 10.1 Å². The van der Waals surface area contributed by atoms with Crippen LogP contribution in [0, 0.1) is 20.8 Å². The Balaban J connectivity index is 1.45. The Morgan fingerprint density at radius 2 is 2.04 bits per heavy atom. The molecule has 134 valence electrons. The molecular formula is C18H25N5O2. The van der Waals surface area contributed by atoms with Gasteiger partial charge in [-0.25, -0.2) is 9.67 Å². The average Bonchev–Trinajstić information content (AvgIpc) is 2.88. The van der Waals surface area contributed by atoms with E-state index in [9.17, 15) is 4.79 Å². The number of nitrogens with zero attached hydrogens (tertiary/aromatic N) is 4. The van der Waals surface area contributed by atoms with Gasteiger partial charge in [-0.1, -0.05) is 0 Å². The van der Waals surface area contributed by atoms with E-state index in [1.54, 1.807) is 10.9 Å². The van der Waals surface area contributed by atoms with E-state index in [1.807, 2.05) is 32.9 Å². The lowest BCUT2D eigenvalue weighted by molar-refractivity contribution is -0.122. The van der Waals surface area contributed by atoms with Crippen molar-refractivity contribution >= 4 is 5.91 Å². The van der Waals surface area contributed by atoms with Crippen LogP contribution in [0.15, 0.2) is 18.3 Å². The van der Waals surface area contributed by atoms with Crippen LogP contribution >= 0.6 is 0 Å². The van der Waals surface area contributed by atoms with Crippen molar-refractivity contribution in [1.29, 1.82) is 0 Å². The van der Waals surface area contributed by atoms with Gasteiger partial charge in [-0.05, 0) is 58.6 Å². The summed E-state index contributed by atoms with van der Waals surface area (Å²) in [5.74, 6) is 2.29. The molecule has 3 rings (SSSR count). The average molecular weight is 343 g/mol. The van der Waals surface area contributed by atoms with E-state index in [0.717, 1.165) is 43.0 Å². The van der Waals surface area contributed by atoms with Crippen LogP contribution in [0.2, 0.25) is 0 Å². The maximum absolute atomic E-state index is 12.2. The van der Waals surface area contributed by atoms with Gasteiger partial charge in [0.2, 0.25) is 5.91 Å². The summed E-state index contributed by atoms with van der Waals surface area (Å²) in [5, 5.41) is 7.33. The molecule has 0 radical (unpaired) electrons. The van der Waals surface area contributed by atoms with E-state index in [4.69, 9.17) is 4.74 Å². The van der Waals surface area contributed by atoms with Gasteiger partial charge in [0.15, 0.2) is 0 Å². The summed E-state index contributed by atoms with van der Waals surface area (Å²) >= 11 is 0. The van der Waals surface area contributed by atoms with E-state index in [1.165, 1.54) is 0 Å². The Hall–Kier alpha value is -2.44. The minimum absolute atomic E-state index is 0.0135. The molecule has 7 heteroatoms. The monoisotopic (exact) mass is 343 g/mol. The Morgan fingerprint density at radius 3 is 2.68 bits per heavy atom. The third kappa shape index (κ3) is 4.55. The normalized spacial score (nSPS) is 20.3. The third-order valence-corrected chi connectivity index (χ3v) is 4.55. The number of hydrogen-bond acceptors (Lipinski definition) is 5. The predicted octanol–water partition coefficient (Wildman–Crippen LogP) is 2.10. The second-order valence-electron chi connectivity index (χ2n) is 6.61. The van der Waals surface area contributed by atoms with Crippen molar-refractivity contribution in [3.8, 4) is 5.75 Å². The minimum Gasteiger partial charge on any atom is -0.489 e. The fourth-order valence-corrected chi connectivity index (χ4v) is 3.22. The standard InChI is InChI=1S/C18H25N5O2/c1-12-17(5-4-10-19-12)25-16-8-6-15(7-9-16)21-18(24)11-23-14(3)20-13(2)22-23/h4-5,10,15-16H,6-9,11H2,1-3H3,(H,21,24). The van der Waals surface area contributed by atoms with Crippen molar-refractivity contribution in [3.05, 3.63) is 35.7 Å². The molecule has 0 aliphatic heterocycles. The van der Waals surface area contributed by atoms with Gasteiger partial charge in [0.25, 0.3) is 0 Å². The second kappa shape index (κ2) is 7.63. The number of carbonyl (C=O) groups is 1. The third-order valence-electron chi connectivity index (χ3n) is 4.55. The smallest absolute Gasteiger partial charge is 0.242 e. The number of rotatable bonds is 5. The highest BCUT2D eigenvalue weighted by Gasteiger charge is 2.24. The first kappa shape index (κ1) is 17.4. The molecule has 0 saturated heterocycles. The highest BCUT2D eigenvalue weighted by Crippen LogP contribution is 2.25. The molecular weight excluding hydrogens is 318 g/mol. The zero-order valence-corrected chi connectivity index (χ0v) is 15.0. The SMILES string of the molecule is Cc1nc(C)n(CC(=O)NC2CCC(Oc3cccnc3C)CC2)n1. The zero-order chi connectivity index (χ0) is 17.8. The first-order valence-corrected chi connectivity index (χ1v) is 8.77. The summed E-state index contributed by atoms with van der Waals surface area (Å²) in [6, 6.07) is 4.05. The first-order chi connectivity index (χ1) is 12.0. The molecule has 1 N–H and O–H groups in total. The number of nitrogens with one attached hydrogen (secondary N) is 1. The molecule has 0 spiro atoms. The summed E-state index contributed by atoms with van der Waals surface area (Å²) in [6.45, 7) is 5.86. The van der Waals surface area contributed by atoms with E-state index in [-0.39, 0.29) is 24.6 Å². The van der Waals surface area contributed by atoms with Gasteiger partial charge < -0.3 is 10.1 Å². The van der Waals surface area contributed by atoms with Crippen LogP contribution in [0.3, 0.4) is 0 Å². The van der Waals surface area contributed by atoms with Gasteiger partial charge in [0.05, 0.1) is 11.8 Å². The predicted molar refractivity (Wildman–Crippen MR) is 93.3 cm³/mol. The molecule has 0 bridgehead atoms. The van der Waals surface area contributed by atoms with Crippen LogP contribution in [0.4, 0.5) is 0 Å². The molecule has 2 heterocycles. The van der Waals surface area contributed by atoms with Crippen molar-refractivity contribution in [2.45, 2.75) is 65.1 Å². The van der Waals surface area contributed by atoms with Gasteiger partial charge in [-0.3, -0.25) is 9.78 Å². The Bertz CT molecular complexity index is 735. The maximum atomic E-state index is 12.2. The fourth-order valence-electron chi connectivity index (χ4n) is 3.22. The van der Waals surface area contributed by atoms with Gasteiger partial charge in [0, 0.05) is 12.2 Å². The first-order valence-electron chi connectivity index (χ1n) is 8.77. The van der Waals surface area contributed by atoms with Crippen molar-refractivity contribution in [2.75, 3.05) is 0 Å². The molecule has 2 aromatic heterocycles. The molecule has 1 saturated carbocycles. The Kier molecular flexibility index (Phi) is 5.31. The number of amides is 1. The van der Waals surface area contributed by atoms with Gasteiger partial charge in [0.1, 0.15) is 23.9 Å². The number of aryl methyl sites for hydroxylation is 3. The van der Waals surface area contributed by atoms with Gasteiger partial charge in [-0.2, -0.15) is 5.10 Å². The molecule has 1 aliphatic rings. The van der Waals surface area contributed by atoms with Crippen LogP contribution in [-0.2, 0) is 11.3 Å². The van der Waals surface area contributed by atoms with E-state index in [0.29, 0.717) is 5.82 Å². The number of carbonyl (C=O) groups excluding carboxylic acids is 1. The van der Waals surface area contributed by atoms with Crippen LogP contribution in [0.5, 0.6) is 5.75 Å². The molecule has 2 aromatic rings. The summed E-state index contributed by atoms with van der Waals surface area (Å²) in [6.07, 6.45) is 5.67. The van der Waals surface area contributed by atoms with Crippen LogP contribution in [-0.4, -0.2) is 37.8 Å². The van der Waals surface area contributed by atoms with Crippen molar-refractivity contribution < 1.29 is 9.53 Å². The molecule has 25 heavy (non-hydrogen) atoms. The zero-order valence-electron chi connectivity index (χ0n) is 15.0. The summed E-state index contributed by atoms with van der Waals surface area (Å²) in [7, 11) is 0. The van der Waals surface area contributed by atoms with Gasteiger partial charge >= 0.3 is 0 Å². The lowest BCUT2D eigenvalue weighted by Crippen LogP contribution is -2.41. The maximum Gasteiger partial charge on any atom is 0.242 e. The topological polar surface area (TPSA) is 81.9 Å². The molecule has 0 aromatic carbocycles. The summed E-state index contributed by atoms with van der Waals surface area (Å²) in [4.78, 5) is 20.7. The van der Waals surface area contributed by atoms with Crippen molar-refractivity contribution in [2.24, 2.45) is 0 Å². The highest BCUT2D eigenvalue weighted by molar-refractivity contribution is 5.76. The van der Waals surface area contributed by atoms with Crippen LogP contribution in [0.1, 0.15) is 43.0 Å². The second-order valence-corrected chi connectivity index (χ2v) is 6.61. The van der Waals surface area contributed by atoms with E-state index < -0.39 is 0 Å². The summed E-state index contributed by atoms with van der Waals surface area (Å²) < 4.78 is 7.70. The molecule has 0 unspecified atom stereocenters. The Morgan fingerprint density at radius 1 is 1.28 bits per heavy atom. The molecule has 1 aliphatic carbocycles. The molecule has 1 fully saturated rings. The molecule has 0 atom stereocenters. The number of pyridine rings is 1. The highest BCUT2D eigenvalue weighted by atomic mass is 16.5. The largest absolute Gasteiger partial charge is 0.489 e. The van der Waals surface area contributed by atoms with Crippen LogP contribution in [0.25, 0.3) is 0 Å². The minimum atomic E-state index is -0.0135. The van der Waals surface area contributed by atoms with E-state index >= 15 is 0 Å². The van der Waals surface area contributed by atoms with Gasteiger partial charge in [-0.15, -0.1) is 0 Å². The van der Waals surface area contributed by atoms with E-state index in [2.05, 4.69) is 20.4 Å². The lowest BCUT2D eigenvalue weighted by atomic mass is 9.93. The lowest BCUT2D eigenvalue weighted by Gasteiger charge is -2.29. The number of ether oxygens (including phenoxy) is 1. The molecule has 7 nitrogen and oxygen atoms in total. The quantitative estimate of drug-likeness (QED) is 0.899.